The van der Waals surface area contributed by atoms with E-state index >= 15 is 0 Å². The van der Waals surface area contributed by atoms with Crippen molar-refractivity contribution >= 4 is 11.0 Å². The monoisotopic (exact) mass is 256 g/mol. The summed E-state index contributed by atoms with van der Waals surface area (Å²) >= 11 is 0. The second-order valence-corrected chi connectivity index (χ2v) is 5.96. The summed E-state index contributed by atoms with van der Waals surface area (Å²) in [5, 5.41) is 4.80. The van der Waals surface area contributed by atoms with E-state index in [0.29, 0.717) is 0 Å². The third kappa shape index (κ3) is 2.07. The van der Waals surface area contributed by atoms with E-state index in [4.69, 9.17) is 4.42 Å². The lowest BCUT2D eigenvalue weighted by Crippen LogP contribution is -2.39. The highest BCUT2D eigenvalue weighted by molar-refractivity contribution is 5.80. The normalized spacial score (nSPS) is 27.8. The fourth-order valence-electron chi connectivity index (χ4n) is 3.65. The van der Waals surface area contributed by atoms with Crippen molar-refractivity contribution in [1.82, 2.24) is 10.2 Å². The van der Waals surface area contributed by atoms with E-state index in [-0.39, 0.29) is 0 Å². The van der Waals surface area contributed by atoms with Crippen molar-refractivity contribution in [2.45, 2.75) is 13.0 Å². The van der Waals surface area contributed by atoms with Gasteiger partial charge in [0.1, 0.15) is 5.58 Å². The number of furan rings is 1. The molecule has 0 amide bonds. The fraction of sp³-hybridized carbons (Fsp3) is 0.500. The van der Waals surface area contributed by atoms with Gasteiger partial charge in [0.25, 0.3) is 0 Å². The van der Waals surface area contributed by atoms with Crippen LogP contribution in [0.4, 0.5) is 0 Å². The topological polar surface area (TPSA) is 28.4 Å². The van der Waals surface area contributed by atoms with Gasteiger partial charge < -0.3 is 9.73 Å². The lowest BCUT2D eigenvalue weighted by Gasteiger charge is -2.34. The molecule has 1 N–H and O–H groups in total. The van der Waals surface area contributed by atoms with Crippen molar-refractivity contribution in [3.63, 3.8) is 0 Å². The number of nitrogens with zero attached hydrogens (tertiary/aromatic N) is 1. The molecule has 1 aromatic carbocycles. The van der Waals surface area contributed by atoms with Crippen LogP contribution < -0.4 is 5.32 Å². The first-order chi connectivity index (χ1) is 9.40. The Morgan fingerprint density at radius 1 is 1.21 bits per heavy atom. The Morgan fingerprint density at radius 3 is 3.11 bits per heavy atom. The second kappa shape index (κ2) is 4.66. The van der Waals surface area contributed by atoms with Gasteiger partial charge in [-0.15, -0.1) is 0 Å². The molecule has 2 aliphatic heterocycles. The van der Waals surface area contributed by atoms with E-state index in [0.717, 1.165) is 24.0 Å². The number of fused-ring (bicyclic) bond motifs is 2. The number of benzene rings is 1. The highest BCUT2D eigenvalue weighted by Gasteiger charge is 2.32. The average Bonchev–Trinajstić information content (AvgIpc) is 3.06. The minimum Gasteiger partial charge on any atom is -0.464 e. The summed E-state index contributed by atoms with van der Waals surface area (Å²) in [5.41, 5.74) is 2.34. The second-order valence-electron chi connectivity index (χ2n) is 5.96. The maximum absolute atomic E-state index is 5.64. The highest BCUT2D eigenvalue weighted by atomic mass is 16.3. The summed E-state index contributed by atoms with van der Waals surface area (Å²) in [4.78, 5) is 2.59. The molecular formula is C16H20N2O. The van der Waals surface area contributed by atoms with Crippen LogP contribution in [0, 0.1) is 11.8 Å². The third-order valence-electron chi connectivity index (χ3n) is 4.74. The molecule has 4 rings (SSSR count). The van der Waals surface area contributed by atoms with Crippen LogP contribution in [0.3, 0.4) is 0 Å². The van der Waals surface area contributed by atoms with Gasteiger partial charge in [0.2, 0.25) is 0 Å². The zero-order valence-corrected chi connectivity index (χ0v) is 11.1. The Labute approximate surface area is 113 Å². The first-order valence-electron chi connectivity index (χ1n) is 7.28. The van der Waals surface area contributed by atoms with E-state index in [2.05, 4.69) is 22.3 Å². The molecule has 0 saturated carbocycles. The van der Waals surface area contributed by atoms with E-state index in [1.165, 1.54) is 43.5 Å². The fourth-order valence-corrected chi connectivity index (χ4v) is 3.65. The van der Waals surface area contributed by atoms with Crippen LogP contribution in [-0.4, -0.2) is 31.1 Å². The average molecular weight is 256 g/mol. The molecule has 2 atom stereocenters. The van der Waals surface area contributed by atoms with Crippen molar-refractivity contribution in [1.29, 1.82) is 0 Å². The quantitative estimate of drug-likeness (QED) is 0.894. The van der Waals surface area contributed by atoms with E-state index < -0.39 is 0 Å². The molecule has 19 heavy (non-hydrogen) atoms. The van der Waals surface area contributed by atoms with Crippen LogP contribution in [0.1, 0.15) is 12.0 Å². The molecule has 0 aliphatic carbocycles. The summed E-state index contributed by atoms with van der Waals surface area (Å²) in [6, 6.07) is 8.34. The van der Waals surface area contributed by atoms with Gasteiger partial charge in [-0.25, -0.2) is 0 Å². The predicted molar refractivity (Wildman–Crippen MR) is 76.0 cm³/mol. The number of para-hydroxylation sites is 1. The van der Waals surface area contributed by atoms with Gasteiger partial charge in [-0.2, -0.15) is 0 Å². The van der Waals surface area contributed by atoms with Gasteiger partial charge in [-0.05, 0) is 44.0 Å². The Bertz CT molecular complexity index is 577. The predicted octanol–water partition coefficient (Wildman–Crippen LogP) is 2.47. The molecule has 0 spiro atoms. The molecule has 2 aromatic rings. The lowest BCUT2D eigenvalue weighted by molar-refractivity contribution is 0.142. The SMILES string of the molecule is c1ccc2c(CN3CCC4CNCC4C3)coc2c1. The third-order valence-corrected chi connectivity index (χ3v) is 4.74. The van der Waals surface area contributed by atoms with Gasteiger partial charge in [0, 0.05) is 24.0 Å². The smallest absolute Gasteiger partial charge is 0.134 e. The maximum Gasteiger partial charge on any atom is 0.134 e. The molecule has 100 valence electrons. The number of piperidine rings is 1. The standard InChI is InChI=1S/C16H20N2O/c1-2-4-16-15(3-1)14(11-19-16)10-18-6-5-12-7-17-8-13(12)9-18/h1-4,11-13,17H,5-10H2. The molecule has 2 fully saturated rings. The summed E-state index contributed by atoms with van der Waals surface area (Å²) in [5.74, 6) is 1.77. The summed E-state index contributed by atoms with van der Waals surface area (Å²) < 4.78 is 5.64. The number of hydrogen-bond donors (Lipinski definition) is 1. The van der Waals surface area contributed by atoms with Crippen molar-refractivity contribution in [3.05, 3.63) is 36.1 Å². The maximum atomic E-state index is 5.64. The van der Waals surface area contributed by atoms with Gasteiger partial charge >= 0.3 is 0 Å². The molecule has 1 aromatic heterocycles. The number of rotatable bonds is 2. The number of hydrogen-bond acceptors (Lipinski definition) is 3. The van der Waals surface area contributed by atoms with E-state index in [9.17, 15) is 0 Å². The summed E-state index contributed by atoms with van der Waals surface area (Å²) in [6.45, 7) is 5.92. The number of likely N-dealkylation sites (tertiary alicyclic amines) is 1. The minimum atomic E-state index is 0.854. The Hall–Kier alpha value is -1.32. The Kier molecular flexibility index (Phi) is 2.82. The molecule has 3 heteroatoms. The van der Waals surface area contributed by atoms with Gasteiger partial charge in [0.05, 0.1) is 6.26 Å². The van der Waals surface area contributed by atoms with Gasteiger partial charge in [-0.3, -0.25) is 4.90 Å². The molecular weight excluding hydrogens is 236 g/mol. The summed E-state index contributed by atoms with van der Waals surface area (Å²) in [6.07, 6.45) is 3.27. The van der Waals surface area contributed by atoms with Crippen LogP contribution in [0.5, 0.6) is 0 Å². The molecule has 2 unspecified atom stereocenters. The lowest BCUT2D eigenvalue weighted by atomic mass is 9.88. The van der Waals surface area contributed by atoms with Crippen LogP contribution in [-0.2, 0) is 6.54 Å². The van der Waals surface area contributed by atoms with Crippen molar-refractivity contribution < 1.29 is 4.42 Å². The highest BCUT2D eigenvalue weighted by Crippen LogP contribution is 2.29. The largest absolute Gasteiger partial charge is 0.464 e. The Balaban J connectivity index is 1.52. The summed E-state index contributed by atoms with van der Waals surface area (Å²) in [7, 11) is 0. The first kappa shape index (κ1) is 11.5. The van der Waals surface area contributed by atoms with Crippen molar-refractivity contribution in [2.75, 3.05) is 26.2 Å². The number of nitrogens with one attached hydrogen (secondary N) is 1. The van der Waals surface area contributed by atoms with E-state index in [1.807, 2.05) is 18.4 Å². The Morgan fingerprint density at radius 2 is 2.11 bits per heavy atom. The molecule has 3 heterocycles. The molecule has 2 aliphatic rings. The first-order valence-corrected chi connectivity index (χ1v) is 7.28. The molecule has 2 saturated heterocycles. The van der Waals surface area contributed by atoms with Crippen molar-refractivity contribution in [3.8, 4) is 0 Å². The van der Waals surface area contributed by atoms with Crippen LogP contribution in [0.25, 0.3) is 11.0 Å². The zero-order valence-electron chi connectivity index (χ0n) is 11.1. The molecule has 0 bridgehead atoms. The van der Waals surface area contributed by atoms with Crippen LogP contribution in [0.2, 0.25) is 0 Å². The zero-order chi connectivity index (χ0) is 12.7. The van der Waals surface area contributed by atoms with Crippen LogP contribution in [0.15, 0.2) is 34.9 Å². The molecule has 3 nitrogen and oxygen atoms in total. The van der Waals surface area contributed by atoms with Gasteiger partial charge in [0.15, 0.2) is 0 Å². The van der Waals surface area contributed by atoms with Crippen LogP contribution >= 0.6 is 0 Å². The minimum absolute atomic E-state index is 0.854. The van der Waals surface area contributed by atoms with Crippen molar-refractivity contribution in [2.24, 2.45) is 11.8 Å². The molecule has 0 radical (unpaired) electrons. The van der Waals surface area contributed by atoms with E-state index in [1.54, 1.807) is 0 Å². The van der Waals surface area contributed by atoms with Gasteiger partial charge in [-0.1, -0.05) is 18.2 Å².